The maximum atomic E-state index is 9.41. The van der Waals surface area contributed by atoms with Crippen LogP contribution in [0.5, 0.6) is 5.75 Å². The normalized spacial score (nSPS) is 10.4. The van der Waals surface area contributed by atoms with Crippen LogP contribution < -0.4 is 10.1 Å². The molecule has 0 aliphatic rings. The van der Waals surface area contributed by atoms with Crippen molar-refractivity contribution in [1.82, 2.24) is 4.98 Å². The summed E-state index contributed by atoms with van der Waals surface area (Å²) in [7, 11) is 1.60. The molecular weight excluding hydrogens is 300 g/mol. The number of aromatic nitrogens is 1. The number of nitrogens with zero attached hydrogens (tertiary/aromatic N) is 1. The van der Waals surface area contributed by atoms with Crippen LogP contribution >= 0.6 is 0 Å². The third-order valence-corrected chi connectivity index (χ3v) is 3.84. The highest BCUT2D eigenvalue weighted by atomic mass is 16.5. The van der Waals surface area contributed by atoms with Crippen molar-refractivity contribution < 1.29 is 9.84 Å². The van der Waals surface area contributed by atoms with Gasteiger partial charge in [-0.15, -0.1) is 0 Å². The summed E-state index contributed by atoms with van der Waals surface area (Å²) < 4.78 is 5.22. The largest absolute Gasteiger partial charge is 0.496 e. The topological polar surface area (TPSA) is 54.4 Å². The number of methoxy groups -OCH3 is 1. The van der Waals surface area contributed by atoms with Gasteiger partial charge in [-0.1, -0.05) is 24.3 Å². The van der Waals surface area contributed by atoms with Gasteiger partial charge in [0.25, 0.3) is 0 Å². The van der Waals surface area contributed by atoms with E-state index in [0.29, 0.717) is 12.3 Å². The van der Waals surface area contributed by atoms with Crippen molar-refractivity contribution in [2.75, 3.05) is 12.4 Å². The predicted octanol–water partition coefficient (Wildman–Crippen LogP) is 3.86. The Morgan fingerprint density at radius 1 is 1.04 bits per heavy atom. The lowest BCUT2D eigenvalue weighted by molar-refractivity contribution is 0.274. The number of ether oxygens (including phenoxy) is 1. The van der Waals surface area contributed by atoms with Crippen molar-refractivity contribution in [3.8, 4) is 17.0 Å². The molecule has 3 aromatic rings. The summed E-state index contributed by atoms with van der Waals surface area (Å²) in [5.41, 5.74) is 4.94. The second-order valence-corrected chi connectivity index (χ2v) is 5.45. The molecule has 122 valence electrons. The van der Waals surface area contributed by atoms with Crippen molar-refractivity contribution in [3.63, 3.8) is 0 Å². The lowest BCUT2D eigenvalue weighted by atomic mass is 10.1. The Balaban J connectivity index is 1.73. The molecule has 0 aliphatic heterocycles. The minimum atomic E-state index is -0.0478. The van der Waals surface area contributed by atoms with Gasteiger partial charge in [-0.05, 0) is 42.0 Å². The smallest absolute Gasteiger partial charge is 0.124 e. The van der Waals surface area contributed by atoms with E-state index in [0.717, 1.165) is 22.5 Å². The predicted molar refractivity (Wildman–Crippen MR) is 95.9 cm³/mol. The van der Waals surface area contributed by atoms with E-state index in [1.807, 2.05) is 42.5 Å². The number of anilines is 1. The molecule has 4 heteroatoms. The molecule has 0 bridgehead atoms. The zero-order valence-electron chi connectivity index (χ0n) is 13.6. The summed E-state index contributed by atoms with van der Waals surface area (Å²) in [6.07, 6.45) is 1.80. The van der Waals surface area contributed by atoms with E-state index in [4.69, 9.17) is 4.74 Å². The van der Waals surface area contributed by atoms with Gasteiger partial charge in [0, 0.05) is 29.6 Å². The molecule has 1 heterocycles. The lowest BCUT2D eigenvalue weighted by Gasteiger charge is -2.11. The van der Waals surface area contributed by atoms with E-state index in [1.54, 1.807) is 13.3 Å². The van der Waals surface area contributed by atoms with Crippen molar-refractivity contribution in [3.05, 3.63) is 78.0 Å². The molecule has 0 amide bonds. The molecule has 0 unspecified atom stereocenters. The molecule has 0 fully saturated rings. The second-order valence-electron chi connectivity index (χ2n) is 5.45. The lowest BCUT2D eigenvalue weighted by Crippen LogP contribution is -2.01. The maximum Gasteiger partial charge on any atom is 0.124 e. The van der Waals surface area contributed by atoms with Crippen molar-refractivity contribution >= 4 is 5.69 Å². The molecule has 0 aliphatic carbocycles. The monoisotopic (exact) mass is 320 g/mol. The molecule has 1 aromatic heterocycles. The number of hydrogen-bond donors (Lipinski definition) is 2. The summed E-state index contributed by atoms with van der Waals surface area (Å²) >= 11 is 0. The van der Waals surface area contributed by atoms with Gasteiger partial charge in [0.15, 0.2) is 0 Å². The fourth-order valence-electron chi connectivity index (χ4n) is 2.59. The summed E-state index contributed by atoms with van der Waals surface area (Å²) in [4.78, 5) is 4.39. The first-order chi connectivity index (χ1) is 11.8. The standard InChI is InChI=1S/C20H20N2O2/c1-24-20-9-8-18(12-17(20)14-23)22-13-15-5-4-6-16(11-15)19-7-2-3-10-21-19/h2-12,22-23H,13-14H2,1H3. The second kappa shape index (κ2) is 7.62. The first-order valence-electron chi connectivity index (χ1n) is 7.82. The average Bonchev–Trinajstić information content (AvgIpc) is 2.67. The minimum Gasteiger partial charge on any atom is -0.496 e. The van der Waals surface area contributed by atoms with E-state index >= 15 is 0 Å². The molecule has 0 atom stereocenters. The number of pyridine rings is 1. The van der Waals surface area contributed by atoms with Gasteiger partial charge in [-0.2, -0.15) is 0 Å². The highest BCUT2D eigenvalue weighted by molar-refractivity contribution is 5.60. The van der Waals surface area contributed by atoms with E-state index in [9.17, 15) is 5.11 Å². The summed E-state index contributed by atoms with van der Waals surface area (Å²) in [6.45, 7) is 0.645. The minimum absolute atomic E-state index is 0.0478. The van der Waals surface area contributed by atoms with E-state index in [-0.39, 0.29) is 6.61 Å². The molecule has 2 N–H and O–H groups in total. The first kappa shape index (κ1) is 16.0. The Hall–Kier alpha value is -2.85. The fourth-order valence-corrected chi connectivity index (χ4v) is 2.59. The van der Waals surface area contributed by atoms with Crippen LogP contribution in [0, 0.1) is 0 Å². The van der Waals surface area contributed by atoms with Crippen LogP contribution in [-0.4, -0.2) is 17.2 Å². The Kier molecular flexibility index (Phi) is 5.08. The zero-order valence-corrected chi connectivity index (χ0v) is 13.6. The van der Waals surface area contributed by atoms with Gasteiger partial charge in [-0.25, -0.2) is 0 Å². The van der Waals surface area contributed by atoms with Gasteiger partial charge in [0.1, 0.15) is 5.75 Å². The average molecular weight is 320 g/mol. The molecule has 3 rings (SSSR count). The van der Waals surface area contributed by atoms with Crippen molar-refractivity contribution in [2.24, 2.45) is 0 Å². The van der Waals surface area contributed by atoms with Gasteiger partial charge in [0.05, 0.1) is 19.4 Å². The number of hydrogen-bond acceptors (Lipinski definition) is 4. The quantitative estimate of drug-likeness (QED) is 0.724. The van der Waals surface area contributed by atoms with Crippen molar-refractivity contribution in [1.29, 1.82) is 0 Å². The molecular formula is C20H20N2O2. The van der Waals surface area contributed by atoms with Gasteiger partial charge < -0.3 is 15.2 Å². The van der Waals surface area contributed by atoms with Crippen LogP contribution in [0.2, 0.25) is 0 Å². The van der Waals surface area contributed by atoms with Gasteiger partial charge in [0.2, 0.25) is 0 Å². The van der Waals surface area contributed by atoms with Gasteiger partial charge >= 0.3 is 0 Å². The van der Waals surface area contributed by atoms with Crippen LogP contribution in [-0.2, 0) is 13.2 Å². The van der Waals surface area contributed by atoms with Crippen LogP contribution in [0.1, 0.15) is 11.1 Å². The van der Waals surface area contributed by atoms with E-state index in [2.05, 4.69) is 28.5 Å². The number of nitrogens with one attached hydrogen (secondary N) is 1. The Morgan fingerprint density at radius 2 is 1.96 bits per heavy atom. The van der Waals surface area contributed by atoms with Crippen LogP contribution in [0.3, 0.4) is 0 Å². The molecule has 0 radical (unpaired) electrons. The highest BCUT2D eigenvalue weighted by Crippen LogP contribution is 2.23. The molecule has 0 saturated carbocycles. The molecule has 0 spiro atoms. The number of benzene rings is 2. The van der Waals surface area contributed by atoms with Crippen LogP contribution in [0.25, 0.3) is 11.3 Å². The molecule has 4 nitrogen and oxygen atoms in total. The highest BCUT2D eigenvalue weighted by Gasteiger charge is 2.04. The SMILES string of the molecule is COc1ccc(NCc2cccc(-c3ccccn3)c2)cc1CO. The summed E-state index contributed by atoms with van der Waals surface area (Å²) in [6, 6.07) is 19.9. The van der Waals surface area contributed by atoms with Crippen LogP contribution in [0.15, 0.2) is 66.9 Å². The summed E-state index contributed by atoms with van der Waals surface area (Å²) in [5, 5.41) is 12.8. The van der Waals surface area contributed by atoms with E-state index < -0.39 is 0 Å². The van der Waals surface area contributed by atoms with Crippen molar-refractivity contribution in [2.45, 2.75) is 13.2 Å². The van der Waals surface area contributed by atoms with Crippen LogP contribution in [0.4, 0.5) is 5.69 Å². The Morgan fingerprint density at radius 3 is 2.71 bits per heavy atom. The first-order valence-corrected chi connectivity index (χ1v) is 7.82. The number of aliphatic hydroxyl groups is 1. The third kappa shape index (κ3) is 3.73. The van der Waals surface area contributed by atoms with Gasteiger partial charge in [-0.3, -0.25) is 4.98 Å². The molecule has 2 aromatic carbocycles. The fraction of sp³-hybridized carbons (Fsp3) is 0.150. The maximum absolute atomic E-state index is 9.41. The Bertz CT molecular complexity index is 804. The third-order valence-electron chi connectivity index (χ3n) is 3.84. The van der Waals surface area contributed by atoms with E-state index in [1.165, 1.54) is 5.56 Å². The summed E-state index contributed by atoms with van der Waals surface area (Å²) in [5.74, 6) is 0.695. The zero-order chi connectivity index (χ0) is 16.8. The number of aliphatic hydroxyl groups excluding tert-OH is 1. The molecule has 24 heavy (non-hydrogen) atoms. The molecule has 0 saturated heterocycles. The number of rotatable bonds is 6. The Labute approximate surface area is 141 Å².